The maximum Gasteiger partial charge on any atom is 0.123 e. The Bertz CT molecular complexity index is 551. The van der Waals surface area contributed by atoms with Crippen LogP contribution in [0.3, 0.4) is 0 Å². The lowest BCUT2D eigenvalue weighted by Gasteiger charge is -2.13. The summed E-state index contributed by atoms with van der Waals surface area (Å²) in [6, 6.07) is 5.68. The number of nitrogens with two attached hydrogens (primary N) is 1. The van der Waals surface area contributed by atoms with E-state index in [2.05, 4.69) is 5.10 Å². The molecule has 2 N–H and O–H groups in total. The lowest BCUT2D eigenvalue weighted by Crippen LogP contribution is -2.18. The maximum absolute atomic E-state index is 6.01. The first kappa shape index (κ1) is 13.9. The van der Waals surface area contributed by atoms with Crippen LogP contribution in [0.2, 0.25) is 5.02 Å². The van der Waals surface area contributed by atoms with Crippen molar-refractivity contribution in [3.05, 3.63) is 46.7 Å². The Morgan fingerprint density at radius 3 is 2.89 bits per heavy atom. The van der Waals surface area contributed by atoms with E-state index in [0.29, 0.717) is 11.6 Å². The summed E-state index contributed by atoms with van der Waals surface area (Å²) in [4.78, 5) is 0. The van der Waals surface area contributed by atoms with Crippen molar-refractivity contribution in [3.8, 4) is 5.75 Å². The molecule has 0 fully saturated rings. The maximum atomic E-state index is 6.01. The van der Waals surface area contributed by atoms with Gasteiger partial charge in [0.25, 0.3) is 0 Å². The Kier molecular flexibility index (Phi) is 4.45. The molecule has 2 rings (SSSR count). The summed E-state index contributed by atoms with van der Waals surface area (Å²) in [7, 11) is 1.88. The van der Waals surface area contributed by atoms with E-state index in [1.165, 1.54) is 0 Å². The van der Waals surface area contributed by atoms with Crippen molar-refractivity contribution >= 4 is 11.6 Å². The highest BCUT2D eigenvalue weighted by Gasteiger charge is 2.08. The molecule has 1 unspecified atom stereocenters. The quantitative estimate of drug-likeness (QED) is 0.915. The van der Waals surface area contributed by atoms with Gasteiger partial charge in [0, 0.05) is 29.9 Å². The van der Waals surface area contributed by atoms with Crippen LogP contribution in [0.15, 0.2) is 30.6 Å². The van der Waals surface area contributed by atoms with Gasteiger partial charge in [-0.05, 0) is 37.1 Å². The van der Waals surface area contributed by atoms with Gasteiger partial charge < -0.3 is 10.5 Å². The molecule has 1 aromatic carbocycles. The summed E-state index contributed by atoms with van der Waals surface area (Å²) in [5, 5.41) is 4.81. The molecule has 0 amide bonds. The third kappa shape index (κ3) is 3.98. The molecule has 19 heavy (non-hydrogen) atoms. The van der Waals surface area contributed by atoms with Crippen LogP contribution >= 0.6 is 11.6 Å². The first-order valence-electron chi connectivity index (χ1n) is 6.19. The van der Waals surface area contributed by atoms with Gasteiger partial charge in [0.1, 0.15) is 12.4 Å². The van der Waals surface area contributed by atoms with Crippen molar-refractivity contribution < 1.29 is 4.74 Å². The number of benzene rings is 1. The predicted octanol–water partition coefficient (Wildman–Crippen LogP) is 2.54. The van der Waals surface area contributed by atoms with Gasteiger partial charge in [-0.2, -0.15) is 5.10 Å². The van der Waals surface area contributed by atoms with Gasteiger partial charge in [-0.25, -0.2) is 0 Å². The average molecular weight is 280 g/mol. The fourth-order valence-corrected chi connectivity index (χ4v) is 2.10. The minimum atomic E-state index is 0.0687. The van der Waals surface area contributed by atoms with E-state index in [4.69, 9.17) is 22.1 Å². The standard InChI is InChI=1S/C14H18ClN3O/c1-10(16)5-12-6-13(15)3-4-14(12)19-9-11-7-17-18(2)8-11/h3-4,6-8,10H,5,9,16H2,1-2H3. The smallest absolute Gasteiger partial charge is 0.123 e. The van der Waals surface area contributed by atoms with Crippen LogP contribution in [0.4, 0.5) is 0 Å². The topological polar surface area (TPSA) is 53.1 Å². The van der Waals surface area contributed by atoms with Crippen molar-refractivity contribution in [2.45, 2.75) is 26.0 Å². The number of halogens is 1. The monoisotopic (exact) mass is 279 g/mol. The minimum absolute atomic E-state index is 0.0687. The van der Waals surface area contributed by atoms with E-state index < -0.39 is 0 Å². The Morgan fingerprint density at radius 1 is 1.47 bits per heavy atom. The number of hydrogen-bond acceptors (Lipinski definition) is 3. The van der Waals surface area contributed by atoms with E-state index >= 15 is 0 Å². The number of aryl methyl sites for hydroxylation is 1. The summed E-state index contributed by atoms with van der Waals surface area (Å²) in [6.07, 6.45) is 4.46. The Morgan fingerprint density at radius 2 is 2.26 bits per heavy atom. The third-order valence-corrected chi connectivity index (χ3v) is 2.95. The molecule has 4 nitrogen and oxygen atoms in total. The zero-order valence-corrected chi connectivity index (χ0v) is 11.9. The number of hydrogen-bond donors (Lipinski definition) is 1. The largest absolute Gasteiger partial charge is 0.489 e. The van der Waals surface area contributed by atoms with E-state index in [-0.39, 0.29) is 6.04 Å². The van der Waals surface area contributed by atoms with Gasteiger partial charge in [-0.1, -0.05) is 11.6 Å². The number of ether oxygens (including phenoxy) is 1. The second kappa shape index (κ2) is 6.08. The van der Waals surface area contributed by atoms with E-state index in [0.717, 1.165) is 23.3 Å². The van der Waals surface area contributed by atoms with E-state index in [1.807, 2.05) is 38.4 Å². The molecule has 1 atom stereocenters. The molecule has 0 radical (unpaired) electrons. The van der Waals surface area contributed by atoms with Crippen LogP contribution in [0.1, 0.15) is 18.1 Å². The number of nitrogens with zero attached hydrogens (tertiary/aromatic N) is 2. The van der Waals surface area contributed by atoms with Crippen molar-refractivity contribution in [1.82, 2.24) is 9.78 Å². The second-order valence-corrected chi connectivity index (χ2v) is 5.18. The van der Waals surface area contributed by atoms with Crippen LogP contribution in [0, 0.1) is 0 Å². The molecule has 0 bridgehead atoms. The van der Waals surface area contributed by atoms with Crippen molar-refractivity contribution in [2.75, 3.05) is 0 Å². The summed E-state index contributed by atoms with van der Waals surface area (Å²) in [6.45, 7) is 2.45. The van der Waals surface area contributed by atoms with E-state index in [9.17, 15) is 0 Å². The molecule has 0 aliphatic heterocycles. The van der Waals surface area contributed by atoms with Crippen molar-refractivity contribution in [2.24, 2.45) is 12.8 Å². The summed E-state index contributed by atoms with van der Waals surface area (Å²) in [5.41, 5.74) is 7.91. The molecule has 0 saturated heterocycles. The molecule has 5 heteroatoms. The molecule has 102 valence electrons. The van der Waals surface area contributed by atoms with E-state index in [1.54, 1.807) is 10.9 Å². The summed E-state index contributed by atoms with van der Waals surface area (Å²) in [5.74, 6) is 0.825. The van der Waals surface area contributed by atoms with Crippen LogP contribution in [-0.4, -0.2) is 15.8 Å². The fourth-order valence-electron chi connectivity index (χ4n) is 1.90. The molecule has 0 saturated carbocycles. The Balaban J connectivity index is 2.10. The highest BCUT2D eigenvalue weighted by molar-refractivity contribution is 6.30. The molecule has 2 aromatic rings. The fraction of sp³-hybridized carbons (Fsp3) is 0.357. The summed E-state index contributed by atoms with van der Waals surface area (Å²) >= 11 is 6.01. The van der Waals surface area contributed by atoms with Crippen molar-refractivity contribution in [1.29, 1.82) is 0 Å². The van der Waals surface area contributed by atoms with Crippen LogP contribution in [0.5, 0.6) is 5.75 Å². The van der Waals surface area contributed by atoms with Gasteiger partial charge in [-0.3, -0.25) is 4.68 Å². The summed E-state index contributed by atoms with van der Waals surface area (Å²) < 4.78 is 7.58. The van der Waals surface area contributed by atoms with Gasteiger partial charge in [-0.15, -0.1) is 0 Å². The first-order chi connectivity index (χ1) is 9.04. The third-order valence-electron chi connectivity index (χ3n) is 2.72. The Labute approximate surface area is 118 Å². The molecule has 1 aromatic heterocycles. The molecular formula is C14H18ClN3O. The van der Waals surface area contributed by atoms with Gasteiger partial charge in [0.2, 0.25) is 0 Å². The van der Waals surface area contributed by atoms with Crippen LogP contribution < -0.4 is 10.5 Å². The predicted molar refractivity (Wildman–Crippen MR) is 76.3 cm³/mol. The molecule has 1 heterocycles. The molecular weight excluding hydrogens is 262 g/mol. The second-order valence-electron chi connectivity index (χ2n) is 4.74. The molecule has 0 aliphatic rings. The highest BCUT2D eigenvalue weighted by atomic mass is 35.5. The van der Waals surface area contributed by atoms with Gasteiger partial charge >= 0.3 is 0 Å². The lowest BCUT2D eigenvalue weighted by atomic mass is 10.1. The zero-order chi connectivity index (χ0) is 13.8. The van der Waals surface area contributed by atoms with Gasteiger partial charge in [0.15, 0.2) is 0 Å². The van der Waals surface area contributed by atoms with Gasteiger partial charge in [0.05, 0.1) is 6.20 Å². The van der Waals surface area contributed by atoms with Crippen LogP contribution in [0.25, 0.3) is 0 Å². The number of aromatic nitrogens is 2. The molecule has 0 spiro atoms. The highest BCUT2D eigenvalue weighted by Crippen LogP contribution is 2.24. The van der Waals surface area contributed by atoms with Crippen molar-refractivity contribution in [3.63, 3.8) is 0 Å². The minimum Gasteiger partial charge on any atom is -0.489 e. The van der Waals surface area contributed by atoms with Crippen LogP contribution in [-0.2, 0) is 20.1 Å². The first-order valence-corrected chi connectivity index (χ1v) is 6.56. The molecule has 0 aliphatic carbocycles. The Hall–Kier alpha value is -1.52. The lowest BCUT2D eigenvalue weighted by molar-refractivity contribution is 0.302. The zero-order valence-electron chi connectivity index (χ0n) is 11.1. The number of rotatable bonds is 5. The SMILES string of the molecule is CC(N)Cc1cc(Cl)ccc1OCc1cnn(C)c1. The average Bonchev–Trinajstić information content (AvgIpc) is 2.73. The normalized spacial score (nSPS) is 12.4.